The summed E-state index contributed by atoms with van der Waals surface area (Å²) in [5, 5.41) is 3.42. The summed E-state index contributed by atoms with van der Waals surface area (Å²) in [4.78, 5) is 58.4. The summed E-state index contributed by atoms with van der Waals surface area (Å²) in [7, 11) is 1.54. The molecular weight excluding hydrogens is 715 g/mol. The summed E-state index contributed by atoms with van der Waals surface area (Å²) < 4.78 is 50.9. The summed E-state index contributed by atoms with van der Waals surface area (Å²) in [6, 6.07) is 16.1. The van der Waals surface area contributed by atoms with E-state index < -0.39 is 42.0 Å². The molecule has 4 aromatic rings. The van der Waals surface area contributed by atoms with Gasteiger partial charge in [0.05, 0.1) is 35.2 Å². The Morgan fingerprint density at radius 1 is 1.02 bits per heavy atom. The Balaban J connectivity index is 1.11. The molecule has 3 heterocycles. The number of methoxy groups -OCH3 is 1. The van der Waals surface area contributed by atoms with Gasteiger partial charge < -0.3 is 19.8 Å². The second-order valence-corrected chi connectivity index (χ2v) is 15.4. The van der Waals surface area contributed by atoms with E-state index in [1.807, 2.05) is 0 Å². The van der Waals surface area contributed by atoms with Gasteiger partial charge in [-0.15, -0.1) is 11.8 Å². The number of thioether (sulfide) groups is 1. The Morgan fingerprint density at radius 2 is 1.76 bits per heavy atom. The molecule has 7 atom stereocenters. The van der Waals surface area contributed by atoms with Crippen molar-refractivity contribution in [2.75, 3.05) is 23.9 Å². The molecule has 3 fully saturated rings. The molecule has 1 saturated heterocycles. The third kappa shape index (κ3) is 5.39. The van der Waals surface area contributed by atoms with Crippen LogP contribution in [0.3, 0.4) is 0 Å². The molecule has 2 N–H and O–H groups in total. The number of nitrogens with one attached hydrogen (secondary N) is 2. The Bertz CT molecular complexity index is 2100. The minimum Gasteiger partial charge on any atom is -0.497 e. The van der Waals surface area contributed by atoms with Gasteiger partial charge in [0.25, 0.3) is 5.91 Å². The number of carbonyl (C=O) groups excluding carboxylic acids is 3. The third-order valence-electron chi connectivity index (χ3n) is 10.2. The molecule has 1 aromatic heterocycles. The number of aromatic nitrogens is 1. The van der Waals surface area contributed by atoms with Crippen LogP contribution in [0.1, 0.15) is 28.3 Å². The number of ether oxygens (including phenoxy) is 2. The Morgan fingerprint density at radius 3 is 2.48 bits per heavy atom. The predicted molar refractivity (Wildman–Crippen MR) is 181 cm³/mol. The number of hydrogen-bond acceptors (Lipinski definition) is 8. The van der Waals surface area contributed by atoms with Crippen molar-refractivity contribution in [1.82, 2.24) is 4.98 Å². The second kappa shape index (κ2) is 12.2. The van der Waals surface area contributed by atoms with Crippen LogP contribution in [0.25, 0.3) is 0 Å². The first-order chi connectivity index (χ1) is 23.9. The molecule has 3 amide bonds. The number of alkyl halides is 3. The number of hydrogen-bond donors (Lipinski definition) is 2. The van der Waals surface area contributed by atoms with Gasteiger partial charge in [-0.05, 0) is 84.8 Å². The zero-order chi connectivity index (χ0) is 35.1. The number of benzene rings is 3. The van der Waals surface area contributed by atoms with Gasteiger partial charge in [-0.2, -0.15) is 13.2 Å². The molecule has 0 radical (unpaired) electrons. The van der Waals surface area contributed by atoms with Gasteiger partial charge in [-0.3, -0.25) is 24.1 Å². The minimum absolute atomic E-state index is 0.0327. The molecule has 258 valence electrons. The summed E-state index contributed by atoms with van der Waals surface area (Å²) in [5.74, 6) is -2.20. The smallest absolute Gasteiger partial charge is 0.416 e. The van der Waals surface area contributed by atoms with Crippen LogP contribution < -0.4 is 24.6 Å². The van der Waals surface area contributed by atoms with Crippen molar-refractivity contribution in [2.24, 2.45) is 29.6 Å². The number of thiazole rings is 1. The molecule has 2 aliphatic carbocycles. The topological polar surface area (TPSA) is 118 Å². The van der Waals surface area contributed by atoms with Gasteiger partial charge in [0.2, 0.25) is 11.8 Å². The van der Waals surface area contributed by atoms with Crippen molar-refractivity contribution >= 4 is 63.8 Å². The molecule has 0 spiro atoms. The van der Waals surface area contributed by atoms with Crippen LogP contribution in [0.5, 0.6) is 11.5 Å². The van der Waals surface area contributed by atoms with Gasteiger partial charge in [0.1, 0.15) is 11.5 Å². The molecule has 50 heavy (non-hydrogen) atoms. The summed E-state index contributed by atoms with van der Waals surface area (Å²) in [6.45, 7) is -0.517. The first kappa shape index (κ1) is 32.9. The fraction of sp³-hybridized carbons (Fsp3) is 0.314. The molecule has 3 aromatic carbocycles. The SMILES string of the molecule is COc1ccc(N2C(=O)[C@H]3[C@H]4C[C@@H]([C@@H]3C2=O)[C@@H]2[C@H](c3cc(Cl)ccc3OCC(=O)Nc3cccc(C(F)(F)F)c3)c3sc(=O)[nH]c3S[C@H]42)cc1. The first-order valence-electron chi connectivity index (χ1n) is 15.7. The highest BCUT2D eigenvalue weighted by molar-refractivity contribution is 8.00. The van der Waals surface area contributed by atoms with Crippen LogP contribution in [0, 0.1) is 29.6 Å². The van der Waals surface area contributed by atoms with Gasteiger partial charge in [-0.25, -0.2) is 0 Å². The number of anilines is 2. The number of amides is 3. The van der Waals surface area contributed by atoms with Gasteiger partial charge in [0.15, 0.2) is 6.61 Å². The van der Waals surface area contributed by atoms with E-state index >= 15 is 0 Å². The average Bonchev–Trinajstić information content (AvgIpc) is 3.82. The lowest BCUT2D eigenvalue weighted by Gasteiger charge is -2.43. The highest BCUT2D eigenvalue weighted by Crippen LogP contribution is 2.69. The third-order valence-corrected chi connectivity index (χ3v) is 13.0. The summed E-state index contributed by atoms with van der Waals surface area (Å²) in [6.07, 6.45) is -3.91. The van der Waals surface area contributed by atoms with E-state index in [0.29, 0.717) is 39.2 Å². The lowest BCUT2D eigenvalue weighted by atomic mass is 9.68. The number of halogens is 4. The molecular formula is C35H27ClF3N3O6S2. The lowest BCUT2D eigenvalue weighted by molar-refractivity contribution is -0.137. The Hall–Kier alpha value is -4.27. The van der Waals surface area contributed by atoms with Crippen LogP contribution in [-0.4, -0.2) is 41.7 Å². The Labute approximate surface area is 296 Å². The number of imide groups is 1. The fourth-order valence-electron chi connectivity index (χ4n) is 8.36. The zero-order valence-corrected chi connectivity index (χ0v) is 28.4. The fourth-order valence-corrected chi connectivity index (χ4v) is 11.4. The van der Waals surface area contributed by atoms with Gasteiger partial charge in [-0.1, -0.05) is 29.0 Å². The van der Waals surface area contributed by atoms with Gasteiger partial charge >= 0.3 is 11.0 Å². The van der Waals surface area contributed by atoms with E-state index in [1.165, 1.54) is 35.9 Å². The maximum absolute atomic E-state index is 14.1. The Kier molecular flexibility index (Phi) is 8.03. The van der Waals surface area contributed by atoms with Crippen LogP contribution in [-0.2, 0) is 20.6 Å². The average molecular weight is 742 g/mol. The normalized spacial score (nSPS) is 26.4. The van der Waals surface area contributed by atoms with Crippen molar-refractivity contribution in [3.8, 4) is 11.5 Å². The van der Waals surface area contributed by atoms with Crippen molar-refractivity contribution < 1.29 is 37.0 Å². The lowest BCUT2D eigenvalue weighted by Crippen LogP contribution is -2.42. The van der Waals surface area contributed by atoms with Crippen molar-refractivity contribution in [3.63, 3.8) is 0 Å². The van der Waals surface area contributed by atoms with Crippen LogP contribution >= 0.6 is 34.7 Å². The molecule has 2 aliphatic heterocycles. The van der Waals surface area contributed by atoms with Gasteiger partial charge in [0, 0.05) is 32.3 Å². The van der Waals surface area contributed by atoms with E-state index in [-0.39, 0.29) is 45.4 Å². The molecule has 4 aliphatic rings. The standard InChI is InChI=1S/C35H27ClF3N3O6S2/c1-47-19-8-6-18(7-9-19)42-32(44)27-21-13-22(28(27)33(42)45)29-26(21)25(30-31(49-29)41-34(46)50-30)20-12-16(36)5-10-23(20)48-14-24(43)40-17-4-2-3-15(11-17)35(37,38)39/h2-12,21-22,25-29H,13-14H2,1H3,(H,40,43)(H,41,46)/t21-,22-,25+,26-,27+,28+,29-/m1/s1. The molecule has 0 unspecified atom stereocenters. The molecule has 8 rings (SSSR count). The molecule has 9 nitrogen and oxygen atoms in total. The quantitative estimate of drug-likeness (QED) is 0.200. The zero-order valence-electron chi connectivity index (χ0n) is 26.0. The van der Waals surface area contributed by atoms with Crippen molar-refractivity contribution in [3.05, 3.63) is 97.4 Å². The minimum atomic E-state index is -4.57. The van der Waals surface area contributed by atoms with Crippen LogP contribution in [0.2, 0.25) is 5.02 Å². The number of fused-ring (bicyclic) bond motifs is 9. The van der Waals surface area contributed by atoms with E-state index in [9.17, 15) is 32.3 Å². The summed E-state index contributed by atoms with van der Waals surface area (Å²) >= 11 is 9.14. The number of nitrogens with zero attached hydrogens (tertiary/aromatic N) is 1. The molecule has 15 heteroatoms. The van der Waals surface area contributed by atoms with E-state index in [4.69, 9.17) is 21.1 Å². The monoisotopic (exact) mass is 741 g/mol. The second-order valence-electron chi connectivity index (χ2n) is 12.8. The maximum atomic E-state index is 14.1. The van der Waals surface area contributed by atoms with E-state index in [1.54, 1.807) is 42.5 Å². The summed E-state index contributed by atoms with van der Waals surface area (Å²) in [5.41, 5.74) is 0.169. The molecule has 2 bridgehead atoms. The number of H-pyrrole nitrogens is 1. The number of aromatic amines is 1. The van der Waals surface area contributed by atoms with Crippen LogP contribution in [0.4, 0.5) is 24.5 Å². The van der Waals surface area contributed by atoms with Crippen molar-refractivity contribution in [1.29, 1.82) is 0 Å². The van der Waals surface area contributed by atoms with E-state index in [0.717, 1.165) is 28.3 Å². The maximum Gasteiger partial charge on any atom is 0.416 e. The predicted octanol–water partition coefficient (Wildman–Crippen LogP) is 6.81. The number of carbonyl (C=O) groups is 3. The highest BCUT2D eigenvalue weighted by atomic mass is 35.5. The molecule has 2 saturated carbocycles. The van der Waals surface area contributed by atoms with Crippen LogP contribution in [0.15, 0.2) is 76.6 Å². The first-order valence-corrected chi connectivity index (χ1v) is 17.8. The van der Waals surface area contributed by atoms with Crippen molar-refractivity contribution in [2.45, 2.75) is 28.8 Å². The highest BCUT2D eigenvalue weighted by Gasteiger charge is 2.70. The largest absolute Gasteiger partial charge is 0.497 e. The van der Waals surface area contributed by atoms with E-state index in [2.05, 4.69) is 10.3 Å². The number of rotatable bonds is 7.